The standard InChI is InChI=1S/C14H13N5O3S2/c1-19-7-11(6-13(19)14(15)20)24(21,22)17-10-4-2-9(3-5-10)12-8-23-18-16-12/h2-8,17H,1H3,(H2,15,20). The summed E-state index contributed by atoms with van der Waals surface area (Å²) in [4.78, 5) is 11.2. The Morgan fingerprint density at radius 2 is 2.00 bits per heavy atom. The number of rotatable bonds is 5. The molecule has 24 heavy (non-hydrogen) atoms. The van der Waals surface area contributed by atoms with Crippen LogP contribution in [0.25, 0.3) is 11.3 Å². The topological polar surface area (TPSA) is 120 Å². The number of carbonyl (C=O) groups is 1. The monoisotopic (exact) mass is 363 g/mol. The van der Waals surface area contributed by atoms with E-state index in [0.717, 1.165) is 11.3 Å². The van der Waals surface area contributed by atoms with Crippen molar-refractivity contribution in [2.24, 2.45) is 12.8 Å². The van der Waals surface area contributed by atoms with E-state index in [4.69, 9.17) is 5.73 Å². The summed E-state index contributed by atoms with van der Waals surface area (Å²) in [5.74, 6) is -0.694. The normalized spacial score (nSPS) is 11.4. The van der Waals surface area contributed by atoms with E-state index in [1.54, 1.807) is 36.7 Å². The number of hydrogen-bond donors (Lipinski definition) is 2. The van der Waals surface area contributed by atoms with Gasteiger partial charge in [0.05, 0.1) is 0 Å². The molecule has 3 rings (SSSR count). The fraction of sp³-hybridized carbons (Fsp3) is 0.0714. The highest BCUT2D eigenvalue weighted by atomic mass is 32.2. The first kappa shape index (κ1) is 16.1. The summed E-state index contributed by atoms with van der Waals surface area (Å²) >= 11 is 1.24. The average molecular weight is 363 g/mol. The number of nitrogens with zero attached hydrogens (tertiary/aromatic N) is 3. The van der Waals surface area contributed by atoms with Crippen molar-refractivity contribution in [3.8, 4) is 11.3 Å². The highest BCUT2D eigenvalue weighted by molar-refractivity contribution is 7.92. The summed E-state index contributed by atoms with van der Waals surface area (Å²) in [6.07, 6.45) is 1.33. The molecule has 0 atom stereocenters. The van der Waals surface area contributed by atoms with Crippen molar-refractivity contribution >= 4 is 33.2 Å². The van der Waals surface area contributed by atoms with Crippen LogP contribution >= 0.6 is 11.5 Å². The van der Waals surface area contributed by atoms with Gasteiger partial charge >= 0.3 is 0 Å². The molecule has 1 aromatic carbocycles. The smallest absolute Gasteiger partial charge is 0.265 e. The van der Waals surface area contributed by atoms with Gasteiger partial charge in [0.2, 0.25) is 0 Å². The quantitative estimate of drug-likeness (QED) is 0.711. The van der Waals surface area contributed by atoms with Gasteiger partial charge in [-0.25, -0.2) is 8.42 Å². The Hall–Kier alpha value is -2.72. The second-order valence-electron chi connectivity index (χ2n) is 5.01. The molecule has 0 saturated carbocycles. The van der Waals surface area contributed by atoms with Gasteiger partial charge in [-0.3, -0.25) is 9.52 Å². The average Bonchev–Trinajstić information content (AvgIpc) is 3.17. The molecule has 2 heterocycles. The minimum atomic E-state index is -3.82. The van der Waals surface area contributed by atoms with Crippen LogP contribution in [0.3, 0.4) is 0 Å². The number of benzene rings is 1. The third-order valence-electron chi connectivity index (χ3n) is 3.34. The first-order chi connectivity index (χ1) is 11.4. The van der Waals surface area contributed by atoms with E-state index in [2.05, 4.69) is 14.3 Å². The van der Waals surface area contributed by atoms with Gasteiger partial charge in [-0.05, 0) is 29.7 Å². The maximum absolute atomic E-state index is 12.4. The van der Waals surface area contributed by atoms with E-state index in [-0.39, 0.29) is 10.6 Å². The number of aryl methyl sites for hydroxylation is 1. The predicted molar refractivity (Wildman–Crippen MR) is 90.1 cm³/mol. The van der Waals surface area contributed by atoms with E-state index >= 15 is 0 Å². The van der Waals surface area contributed by atoms with Crippen LogP contribution in [0.1, 0.15) is 10.5 Å². The molecule has 0 fully saturated rings. The molecule has 3 aromatic rings. The van der Waals surface area contributed by atoms with Crippen LogP contribution in [0, 0.1) is 0 Å². The molecule has 124 valence electrons. The third kappa shape index (κ3) is 3.14. The molecule has 0 saturated heterocycles. The molecule has 0 aliphatic rings. The van der Waals surface area contributed by atoms with Crippen molar-refractivity contribution in [3.05, 3.63) is 47.6 Å². The van der Waals surface area contributed by atoms with Crippen LogP contribution in [0.2, 0.25) is 0 Å². The van der Waals surface area contributed by atoms with Crippen LogP contribution in [0.5, 0.6) is 0 Å². The van der Waals surface area contributed by atoms with Crippen molar-refractivity contribution < 1.29 is 13.2 Å². The van der Waals surface area contributed by atoms with Crippen molar-refractivity contribution in [2.45, 2.75) is 4.90 Å². The summed E-state index contributed by atoms with van der Waals surface area (Å²) in [5, 5.41) is 5.75. The Morgan fingerprint density at radius 3 is 2.54 bits per heavy atom. The fourth-order valence-corrected chi connectivity index (χ4v) is 3.73. The zero-order valence-corrected chi connectivity index (χ0v) is 14.1. The van der Waals surface area contributed by atoms with Crippen LogP contribution in [0.4, 0.5) is 5.69 Å². The number of nitrogens with two attached hydrogens (primary N) is 1. The second-order valence-corrected chi connectivity index (χ2v) is 7.30. The van der Waals surface area contributed by atoms with Crippen molar-refractivity contribution in [2.75, 3.05) is 4.72 Å². The summed E-state index contributed by atoms with van der Waals surface area (Å²) in [6, 6.07) is 7.98. The van der Waals surface area contributed by atoms with E-state index in [0.29, 0.717) is 5.69 Å². The number of nitrogens with one attached hydrogen (secondary N) is 1. The number of hydrogen-bond acceptors (Lipinski definition) is 6. The van der Waals surface area contributed by atoms with Crippen LogP contribution in [-0.4, -0.2) is 28.5 Å². The fourth-order valence-electron chi connectivity index (χ4n) is 2.14. The van der Waals surface area contributed by atoms with E-state index in [1.165, 1.54) is 28.4 Å². The maximum atomic E-state index is 12.4. The second kappa shape index (κ2) is 6.06. The predicted octanol–water partition coefficient (Wildman–Crippen LogP) is 1.44. The molecular weight excluding hydrogens is 350 g/mol. The summed E-state index contributed by atoms with van der Waals surface area (Å²) < 4.78 is 32.4. The van der Waals surface area contributed by atoms with Gasteiger partial charge in [0.25, 0.3) is 15.9 Å². The number of aromatic nitrogens is 3. The molecule has 10 heteroatoms. The Balaban J connectivity index is 1.84. The molecule has 0 bridgehead atoms. The number of amides is 1. The van der Waals surface area contributed by atoms with Gasteiger partial charge < -0.3 is 10.3 Å². The van der Waals surface area contributed by atoms with E-state index in [9.17, 15) is 13.2 Å². The van der Waals surface area contributed by atoms with Crippen molar-refractivity contribution in [3.63, 3.8) is 0 Å². The molecule has 3 N–H and O–H groups in total. The molecule has 0 radical (unpaired) electrons. The third-order valence-corrected chi connectivity index (χ3v) is 5.19. The minimum absolute atomic E-state index is 0.0356. The van der Waals surface area contributed by atoms with Crippen LogP contribution in [-0.2, 0) is 17.1 Å². The first-order valence-electron chi connectivity index (χ1n) is 6.73. The molecule has 2 aromatic heterocycles. The Bertz CT molecular complexity index is 976. The number of carbonyl (C=O) groups excluding carboxylic acids is 1. The molecule has 8 nitrogen and oxygen atoms in total. The lowest BCUT2D eigenvalue weighted by atomic mass is 10.2. The lowest BCUT2D eigenvalue weighted by Gasteiger charge is -2.06. The SMILES string of the molecule is Cn1cc(S(=O)(=O)Nc2ccc(-c3csnn3)cc2)cc1C(N)=O. The maximum Gasteiger partial charge on any atom is 0.265 e. The molecule has 0 spiro atoms. The summed E-state index contributed by atoms with van der Waals surface area (Å²) in [6.45, 7) is 0. The lowest BCUT2D eigenvalue weighted by molar-refractivity contribution is 0.0992. The van der Waals surface area contributed by atoms with Gasteiger partial charge in [0.15, 0.2) is 0 Å². The molecule has 1 amide bonds. The molecule has 0 aliphatic heterocycles. The largest absolute Gasteiger partial charge is 0.364 e. The summed E-state index contributed by atoms with van der Waals surface area (Å²) in [7, 11) is -2.27. The first-order valence-corrected chi connectivity index (χ1v) is 9.05. The zero-order chi connectivity index (χ0) is 17.3. The Labute approximate surface area is 142 Å². The zero-order valence-electron chi connectivity index (χ0n) is 12.5. The number of primary amides is 1. The highest BCUT2D eigenvalue weighted by Gasteiger charge is 2.19. The summed E-state index contributed by atoms with van der Waals surface area (Å²) in [5.41, 5.74) is 7.27. The highest BCUT2D eigenvalue weighted by Crippen LogP contribution is 2.22. The van der Waals surface area contributed by atoms with Gasteiger partial charge in [-0.2, -0.15) is 0 Å². The Kier molecular flexibility index (Phi) is 4.08. The molecule has 0 aliphatic carbocycles. The van der Waals surface area contributed by atoms with Gasteiger partial charge in [0, 0.05) is 29.9 Å². The molecule has 0 unspecified atom stereocenters. The van der Waals surface area contributed by atoms with Crippen LogP contribution < -0.4 is 10.5 Å². The van der Waals surface area contributed by atoms with Gasteiger partial charge in [-0.1, -0.05) is 16.6 Å². The van der Waals surface area contributed by atoms with Crippen molar-refractivity contribution in [1.82, 2.24) is 14.2 Å². The Morgan fingerprint density at radius 1 is 1.29 bits per heavy atom. The van der Waals surface area contributed by atoms with Crippen molar-refractivity contribution in [1.29, 1.82) is 0 Å². The van der Waals surface area contributed by atoms with Gasteiger partial charge in [0.1, 0.15) is 16.3 Å². The lowest BCUT2D eigenvalue weighted by Crippen LogP contribution is -2.14. The van der Waals surface area contributed by atoms with E-state index in [1.807, 2.05) is 0 Å². The van der Waals surface area contributed by atoms with Gasteiger partial charge in [-0.15, -0.1) is 5.10 Å². The minimum Gasteiger partial charge on any atom is -0.364 e. The van der Waals surface area contributed by atoms with Crippen LogP contribution in [0.15, 0.2) is 46.8 Å². The molecular formula is C14H13N5O3S2. The van der Waals surface area contributed by atoms with E-state index < -0.39 is 15.9 Å². The number of sulfonamides is 1. The number of anilines is 1.